The number of aliphatic hydroxyl groups excluding tert-OH is 1. The Morgan fingerprint density at radius 1 is 1.45 bits per heavy atom. The van der Waals surface area contributed by atoms with Gasteiger partial charge in [-0.05, 0) is 25.0 Å². The van der Waals surface area contributed by atoms with E-state index < -0.39 is 4.92 Å². The predicted molar refractivity (Wildman–Crippen MR) is 73.8 cm³/mol. The minimum atomic E-state index is -0.485. The molecular weight excluding hydrogens is 262 g/mol. The fourth-order valence-corrected chi connectivity index (χ4v) is 2.13. The van der Waals surface area contributed by atoms with Gasteiger partial charge in [0.2, 0.25) is 0 Å². The van der Waals surface area contributed by atoms with Crippen molar-refractivity contribution in [3.63, 3.8) is 0 Å². The van der Waals surface area contributed by atoms with Crippen molar-refractivity contribution in [2.24, 2.45) is 0 Å². The van der Waals surface area contributed by atoms with E-state index in [0.717, 1.165) is 0 Å². The number of anilines is 1. The van der Waals surface area contributed by atoms with Gasteiger partial charge < -0.3 is 15.3 Å². The molecule has 0 spiro atoms. The Morgan fingerprint density at radius 3 is 2.60 bits per heavy atom. The van der Waals surface area contributed by atoms with Gasteiger partial charge in [0.05, 0.1) is 11.0 Å². The number of hydrogen-bond acceptors (Lipinski definition) is 5. The van der Waals surface area contributed by atoms with Crippen molar-refractivity contribution in [2.45, 2.75) is 25.0 Å². The first-order valence-electron chi connectivity index (χ1n) is 6.33. The lowest BCUT2D eigenvalue weighted by Gasteiger charge is -2.32. The number of carbonyl (C=O) groups excluding carboxylic acids is 1. The van der Waals surface area contributed by atoms with Crippen LogP contribution in [-0.2, 0) is 0 Å². The number of rotatable bonds is 4. The lowest BCUT2D eigenvalue weighted by Crippen LogP contribution is -2.39. The van der Waals surface area contributed by atoms with Crippen molar-refractivity contribution in [1.29, 1.82) is 0 Å². The Hall–Kier alpha value is -2.15. The summed E-state index contributed by atoms with van der Waals surface area (Å²) in [7, 11) is 3.25. The predicted octanol–water partition coefficient (Wildman–Crippen LogP) is 1.23. The summed E-state index contributed by atoms with van der Waals surface area (Å²) < 4.78 is 0. The molecule has 1 fully saturated rings. The van der Waals surface area contributed by atoms with Gasteiger partial charge in [0, 0.05) is 31.8 Å². The highest BCUT2D eigenvalue weighted by atomic mass is 16.6. The van der Waals surface area contributed by atoms with Gasteiger partial charge in [-0.2, -0.15) is 0 Å². The van der Waals surface area contributed by atoms with Crippen LogP contribution in [0.1, 0.15) is 23.2 Å². The van der Waals surface area contributed by atoms with Crippen molar-refractivity contribution >= 4 is 17.3 Å². The van der Waals surface area contributed by atoms with Crippen LogP contribution >= 0.6 is 0 Å². The average molecular weight is 279 g/mol. The molecule has 7 nitrogen and oxygen atoms in total. The molecule has 1 saturated carbocycles. The Balaban J connectivity index is 2.27. The molecule has 1 aliphatic carbocycles. The van der Waals surface area contributed by atoms with Crippen LogP contribution in [-0.4, -0.2) is 47.1 Å². The maximum absolute atomic E-state index is 11.9. The van der Waals surface area contributed by atoms with Crippen LogP contribution in [0.4, 0.5) is 11.4 Å². The number of aliphatic hydroxyl groups is 1. The molecule has 1 aromatic rings. The molecule has 0 aromatic heterocycles. The summed E-state index contributed by atoms with van der Waals surface area (Å²) in [5, 5.41) is 23.3. The Kier molecular flexibility index (Phi) is 3.89. The van der Waals surface area contributed by atoms with E-state index in [1.165, 1.54) is 23.1 Å². The SMILES string of the molecule is CN(C)C(=O)c1ccc([N+](=O)[O-])c(NC2CC(O)C2)c1. The molecule has 0 unspecified atom stereocenters. The molecule has 108 valence electrons. The van der Waals surface area contributed by atoms with E-state index in [-0.39, 0.29) is 23.7 Å². The number of nitro benzene ring substituents is 1. The second-order valence-corrected chi connectivity index (χ2v) is 5.16. The molecule has 0 aliphatic heterocycles. The number of nitrogens with zero attached hydrogens (tertiary/aromatic N) is 2. The summed E-state index contributed by atoms with van der Waals surface area (Å²) in [6.07, 6.45) is 0.768. The molecular formula is C13H17N3O4. The second kappa shape index (κ2) is 5.46. The van der Waals surface area contributed by atoms with Gasteiger partial charge in [0.25, 0.3) is 11.6 Å². The number of carbonyl (C=O) groups is 1. The highest BCUT2D eigenvalue weighted by Crippen LogP contribution is 2.30. The Labute approximate surface area is 116 Å². The quantitative estimate of drug-likeness (QED) is 0.638. The van der Waals surface area contributed by atoms with E-state index in [0.29, 0.717) is 24.1 Å². The zero-order chi connectivity index (χ0) is 14.9. The fourth-order valence-electron chi connectivity index (χ4n) is 2.13. The van der Waals surface area contributed by atoms with Crippen molar-refractivity contribution in [3.05, 3.63) is 33.9 Å². The van der Waals surface area contributed by atoms with E-state index in [1.54, 1.807) is 14.1 Å². The molecule has 2 N–H and O–H groups in total. The third-order valence-electron chi connectivity index (χ3n) is 3.32. The molecule has 0 heterocycles. The lowest BCUT2D eigenvalue weighted by atomic mass is 9.89. The summed E-state index contributed by atoms with van der Waals surface area (Å²) in [5.41, 5.74) is 0.643. The first-order valence-corrected chi connectivity index (χ1v) is 6.33. The maximum Gasteiger partial charge on any atom is 0.292 e. The van der Waals surface area contributed by atoms with Gasteiger partial charge in [-0.25, -0.2) is 0 Å². The molecule has 0 radical (unpaired) electrons. The van der Waals surface area contributed by atoms with Crippen LogP contribution < -0.4 is 5.32 Å². The van der Waals surface area contributed by atoms with E-state index in [2.05, 4.69) is 5.32 Å². The standard InChI is InChI=1S/C13H17N3O4/c1-15(2)13(18)8-3-4-12(16(19)20)11(5-8)14-9-6-10(17)7-9/h3-5,9-10,14,17H,6-7H2,1-2H3. The lowest BCUT2D eigenvalue weighted by molar-refractivity contribution is -0.384. The van der Waals surface area contributed by atoms with Crippen molar-refractivity contribution in [3.8, 4) is 0 Å². The number of nitro groups is 1. The van der Waals surface area contributed by atoms with Gasteiger partial charge >= 0.3 is 0 Å². The van der Waals surface area contributed by atoms with Gasteiger partial charge in [0.15, 0.2) is 0 Å². The van der Waals surface area contributed by atoms with Crippen LogP contribution in [0.15, 0.2) is 18.2 Å². The zero-order valence-electron chi connectivity index (χ0n) is 11.4. The average Bonchev–Trinajstić information content (AvgIpc) is 2.35. The summed E-state index contributed by atoms with van der Waals surface area (Å²) in [4.78, 5) is 23.8. The Bertz CT molecular complexity index is 538. The third kappa shape index (κ3) is 2.88. The minimum Gasteiger partial charge on any atom is -0.393 e. The van der Waals surface area contributed by atoms with Crippen molar-refractivity contribution < 1.29 is 14.8 Å². The maximum atomic E-state index is 11.9. The van der Waals surface area contributed by atoms with E-state index >= 15 is 0 Å². The minimum absolute atomic E-state index is 0.00779. The number of hydrogen-bond donors (Lipinski definition) is 2. The van der Waals surface area contributed by atoms with Crippen molar-refractivity contribution in [1.82, 2.24) is 4.90 Å². The largest absolute Gasteiger partial charge is 0.393 e. The Morgan fingerprint density at radius 2 is 2.10 bits per heavy atom. The van der Waals surface area contributed by atoms with Gasteiger partial charge in [0.1, 0.15) is 5.69 Å². The first-order chi connectivity index (χ1) is 9.38. The van der Waals surface area contributed by atoms with Crippen LogP contribution in [0.2, 0.25) is 0 Å². The molecule has 20 heavy (non-hydrogen) atoms. The molecule has 0 bridgehead atoms. The van der Waals surface area contributed by atoms with Gasteiger partial charge in [-0.15, -0.1) is 0 Å². The first kappa shape index (κ1) is 14.3. The van der Waals surface area contributed by atoms with Gasteiger partial charge in [-0.1, -0.05) is 0 Å². The molecule has 1 amide bonds. The van der Waals surface area contributed by atoms with Crippen molar-refractivity contribution in [2.75, 3.05) is 19.4 Å². The summed E-state index contributed by atoms with van der Waals surface area (Å²) in [6.45, 7) is 0. The topological polar surface area (TPSA) is 95.7 Å². The smallest absolute Gasteiger partial charge is 0.292 e. The van der Waals surface area contributed by atoms with E-state index in [1.807, 2.05) is 0 Å². The van der Waals surface area contributed by atoms with E-state index in [9.17, 15) is 20.0 Å². The second-order valence-electron chi connectivity index (χ2n) is 5.16. The summed E-state index contributed by atoms with van der Waals surface area (Å²) >= 11 is 0. The van der Waals surface area contributed by atoms with Crippen LogP contribution in [0.5, 0.6) is 0 Å². The molecule has 1 aromatic carbocycles. The normalized spacial score (nSPS) is 20.9. The summed E-state index contributed by atoms with van der Waals surface area (Å²) in [5.74, 6) is -0.211. The van der Waals surface area contributed by atoms with Gasteiger partial charge in [-0.3, -0.25) is 14.9 Å². The molecule has 0 atom stereocenters. The monoisotopic (exact) mass is 279 g/mol. The highest BCUT2D eigenvalue weighted by molar-refractivity contribution is 5.95. The third-order valence-corrected chi connectivity index (χ3v) is 3.32. The molecule has 0 saturated heterocycles. The fraction of sp³-hybridized carbons (Fsp3) is 0.462. The number of nitrogens with one attached hydrogen (secondary N) is 1. The van der Waals surface area contributed by atoms with Crippen LogP contribution in [0.3, 0.4) is 0 Å². The highest BCUT2D eigenvalue weighted by Gasteiger charge is 2.29. The zero-order valence-corrected chi connectivity index (χ0v) is 11.4. The molecule has 1 aliphatic rings. The molecule has 2 rings (SSSR count). The number of amides is 1. The number of benzene rings is 1. The molecule has 7 heteroatoms. The van der Waals surface area contributed by atoms with E-state index in [4.69, 9.17) is 0 Å². The summed E-state index contributed by atoms with van der Waals surface area (Å²) in [6, 6.07) is 4.27. The van der Waals surface area contributed by atoms with Crippen LogP contribution in [0.25, 0.3) is 0 Å². The van der Waals surface area contributed by atoms with Crippen LogP contribution in [0, 0.1) is 10.1 Å².